The first-order valence-corrected chi connectivity index (χ1v) is 9.96. The topological polar surface area (TPSA) is 76.7 Å². The van der Waals surface area contributed by atoms with Crippen LogP contribution in [0.25, 0.3) is 0 Å². The molecule has 2 heterocycles. The highest BCUT2D eigenvalue weighted by atomic mass is 32.1. The van der Waals surface area contributed by atoms with E-state index in [1.807, 2.05) is 0 Å². The van der Waals surface area contributed by atoms with Crippen molar-refractivity contribution in [3.63, 3.8) is 0 Å². The number of fused-ring (bicyclic) bond motifs is 2. The van der Waals surface area contributed by atoms with E-state index in [4.69, 9.17) is 9.47 Å². The summed E-state index contributed by atoms with van der Waals surface area (Å²) < 4.78 is 11.1. The quantitative estimate of drug-likeness (QED) is 0.849. The van der Waals surface area contributed by atoms with Gasteiger partial charge in [-0.25, -0.2) is 0 Å². The Bertz CT molecular complexity index is 906. The Labute approximate surface area is 161 Å². The second-order valence-electron chi connectivity index (χ2n) is 6.95. The zero-order valence-electron chi connectivity index (χ0n) is 15.4. The van der Waals surface area contributed by atoms with Gasteiger partial charge in [-0.2, -0.15) is 0 Å². The molecule has 0 saturated heterocycles. The van der Waals surface area contributed by atoms with Crippen molar-refractivity contribution in [2.24, 2.45) is 5.92 Å². The van der Waals surface area contributed by atoms with Crippen molar-refractivity contribution >= 4 is 28.2 Å². The molecular formula is C20H22N2O4S. The van der Waals surface area contributed by atoms with Crippen LogP contribution in [-0.4, -0.2) is 32.1 Å². The molecule has 0 unspecified atom stereocenters. The van der Waals surface area contributed by atoms with Crippen molar-refractivity contribution in [3.05, 3.63) is 39.8 Å². The highest BCUT2D eigenvalue weighted by molar-refractivity contribution is 7.17. The summed E-state index contributed by atoms with van der Waals surface area (Å²) in [6.07, 6.45) is 2.88. The van der Waals surface area contributed by atoms with Crippen LogP contribution in [0, 0.1) is 5.92 Å². The lowest BCUT2D eigenvalue weighted by atomic mass is 9.88. The molecule has 2 N–H and O–H groups in total. The highest BCUT2D eigenvalue weighted by Gasteiger charge is 2.28. The van der Waals surface area contributed by atoms with Crippen LogP contribution in [0.4, 0.5) is 5.00 Å². The number of rotatable bonds is 3. The summed E-state index contributed by atoms with van der Waals surface area (Å²) >= 11 is 1.51. The summed E-state index contributed by atoms with van der Waals surface area (Å²) in [5, 5.41) is 6.27. The first-order chi connectivity index (χ1) is 13.1. The first kappa shape index (κ1) is 17.9. The van der Waals surface area contributed by atoms with Gasteiger partial charge in [0.2, 0.25) is 0 Å². The third-order valence-electron chi connectivity index (χ3n) is 5.00. The van der Waals surface area contributed by atoms with Crippen molar-refractivity contribution in [2.45, 2.75) is 26.2 Å². The summed E-state index contributed by atoms with van der Waals surface area (Å²) in [4.78, 5) is 26.5. The lowest BCUT2D eigenvalue weighted by Crippen LogP contribution is -2.23. The van der Waals surface area contributed by atoms with Crippen molar-refractivity contribution in [1.82, 2.24) is 5.32 Å². The van der Waals surface area contributed by atoms with Gasteiger partial charge in [-0.3, -0.25) is 9.59 Å². The Balaban J connectivity index is 1.64. The number of hydrogen-bond acceptors (Lipinski definition) is 5. The molecule has 1 aromatic carbocycles. The summed E-state index contributed by atoms with van der Waals surface area (Å²) in [6.45, 7) is 3.19. The standard InChI is InChI=1S/C20H22N2O4S/c1-11-3-5-13-16(9-11)27-20(17(13)19(24)21-2)22-18(23)12-4-6-14-15(10-12)26-8-7-25-14/h4,6,10-11H,3,5,7-9H2,1-2H3,(H,21,24)(H,22,23)/t11-/m0/s1. The number of carbonyl (C=O) groups is 2. The molecule has 0 saturated carbocycles. The third-order valence-corrected chi connectivity index (χ3v) is 6.17. The summed E-state index contributed by atoms with van der Waals surface area (Å²) in [6, 6.07) is 5.13. The van der Waals surface area contributed by atoms with Crippen molar-refractivity contribution in [1.29, 1.82) is 0 Å². The number of nitrogens with one attached hydrogen (secondary N) is 2. The van der Waals surface area contributed by atoms with E-state index in [9.17, 15) is 9.59 Å². The predicted octanol–water partition coefficient (Wildman–Crippen LogP) is 3.26. The maximum Gasteiger partial charge on any atom is 0.256 e. The Morgan fingerprint density at radius 2 is 1.93 bits per heavy atom. The lowest BCUT2D eigenvalue weighted by molar-refractivity contribution is 0.0963. The van der Waals surface area contributed by atoms with E-state index in [1.54, 1.807) is 25.2 Å². The molecule has 0 fully saturated rings. The Morgan fingerprint density at radius 3 is 2.70 bits per heavy atom. The number of thiophene rings is 1. The van der Waals surface area contributed by atoms with E-state index >= 15 is 0 Å². The average Bonchev–Trinajstić information content (AvgIpc) is 3.03. The van der Waals surface area contributed by atoms with E-state index in [0.717, 1.165) is 24.8 Å². The molecule has 0 spiro atoms. The second-order valence-corrected chi connectivity index (χ2v) is 8.05. The van der Waals surface area contributed by atoms with E-state index < -0.39 is 0 Å². The molecule has 2 aromatic rings. The van der Waals surface area contributed by atoms with Gasteiger partial charge in [0.05, 0.1) is 5.56 Å². The fourth-order valence-electron chi connectivity index (χ4n) is 3.56. The van der Waals surface area contributed by atoms with Crippen LogP contribution in [-0.2, 0) is 12.8 Å². The van der Waals surface area contributed by atoms with Gasteiger partial charge in [0, 0.05) is 17.5 Å². The Morgan fingerprint density at radius 1 is 1.15 bits per heavy atom. The molecule has 0 bridgehead atoms. The molecule has 4 rings (SSSR count). The maximum atomic E-state index is 12.8. The van der Waals surface area contributed by atoms with Crippen LogP contribution in [0.2, 0.25) is 0 Å². The van der Waals surface area contributed by atoms with Gasteiger partial charge in [0.25, 0.3) is 11.8 Å². The molecule has 1 atom stereocenters. The van der Waals surface area contributed by atoms with Crippen molar-refractivity contribution in [2.75, 3.05) is 25.6 Å². The van der Waals surface area contributed by atoms with Crippen molar-refractivity contribution in [3.8, 4) is 11.5 Å². The van der Waals surface area contributed by atoms with Crippen LogP contribution >= 0.6 is 11.3 Å². The van der Waals surface area contributed by atoms with Crippen LogP contribution in [0.5, 0.6) is 11.5 Å². The second kappa shape index (κ2) is 7.23. The van der Waals surface area contributed by atoms with Crippen LogP contribution in [0.1, 0.15) is 44.5 Å². The van der Waals surface area contributed by atoms with Gasteiger partial charge in [0.15, 0.2) is 11.5 Å². The minimum Gasteiger partial charge on any atom is -0.486 e. The molecular weight excluding hydrogens is 364 g/mol. The Kier molecular flexibility index (Phi) is 4.78. The van der Waals surface area contributed by atoms with E-state index in [-0.39, 0.29) is 11.8 Å². The third kappa shape index (κ3) is 3.39. The predicted molar refractivity (Wildman–Crippen MR) is 104 cm³/mol. The van der Waals surface area contributed by atoms with Crippen LogP contribution in [0.3, 0.4) is 0 Å². The summed E-state index contributed by atoms with van der Waals surface area (Å²) in [5.74, 6) is 1.39. The monoisotopic (exact) mass is 386 g/mol. The number of anilines is 1. The minimum absolute atomic E-state index is 0.153. The fraction of sp³-hybridized carbons (Fsp3) is 0.400. The molecule has 2 aliphatic rings. The summed E-state index contributed by atoms with van der Waals surface area (Å²) in [5.41, 5.74) is 2.16. The lowest BCUT2D eigenvalue weighted by Gasteiger charge is -2.19. The molecule has 1 aromatic heterocycles. The molecule has 0 radical (unpaired) electrons. The Hall–Kier alpha value is -2.54. The molecule has 142 valence electrons. The molecule has 1 aliphatic heterocycles. The number of amides is 2. The van der Waals surface area contributed by atoms with Gasteiger partial charge in [-0.05, 0) is 48.9 Å². The average molecular weight is 386 g/mol. The number of ether oxygens (including phenoxy) is 2. The molecule has 7 heteroatoms. The van der Waals surface area contributed by atoms with Crippen LogP contribution in [0.15, 0.2) is 18.2 Å². The first-order valence-electron chi connectivity index (χ1n) is 9.14. The minimum atomic E-state index is -0.260. The largest absolute Gasteiger partial charge is 0.486 e. The summed E-state index contributed by atoms with van der Waals surface area (Å²) in [7, 11) is 1.62. The van der Waals surface area contributed by atoms with E-state index in [1.165, 1.54) is 16.2 Å². The van der Waals surface area contributed by atoms with Gasteiger partial charge >= 0.3 is 0 Å². The zero-order chi connectivity index (χ0) is 19.0. The number of hydrogen-bond donors (Lipinski definition) is 2. The van der Waals surface area contributed by atoms with E-state index in [2.05, 4.69) is 17.6 Å². The molecule has 27 heavy (non-hydrogen) atoms. The molecule has 6 nitrogen and oxygen atoms in total. The smallest absolute Gasteiger partial charge is 0.256 e. The zero-order valence-corrected chi connectivity index (χ0v) is 16.2. The number of benzene rings is 1. The maximum absolute atomic E-state index is 12.8. The number of carbonyl (C=O) groups excluding carboxylic acids is 2. The van der Waals surface area contributed by atoms with Gasteiger partial charge < -0.3 is 20.1 Å². The van der Waals surface area contributed by atoms with Crippen LogP contribution < -0.4 is 20.1 Å². The van der Waals surface area contributed by atoms with E-state index in [0.29, 0.717) is 46.8 Å². The SMILES string of the molecule is CNC(=O)c1c(NC(=O)c2ccc3c(c2)OCCO3)sc2c1CC[C@H](C)C2. The van der Waals surface area contributed by atoms with Gasteiger partial charge in [0.1, 0.15) is 18.2 Å². The highest BCUT2D eigenvalue weighted by Crippen LogP contribution is 2.40. The van der Waals surface area contributed by atoms with Gasteiger partial charge in [-0.15, -0.1) is 11.3 Å². The normalized spacial score (nSPS) is 17.8. The molecule has 1 aliphatic carbocycles. The van der Waals surface area contributed by atoms with Crippen molar-refractivity contribution < 1.29 is 19.1 Å². The van der Waals surface area contributed by atoms with Gasteiger partial charge in [-0.1, -0.05) is 6.92 Å². The fourth-order valence-corrected chi connectivity index (χ4v) is 4.97. The molecule has 2 amide bonds.